The van der Waals surface area contributed by atoms with Crippen molar-refractivity contribution in [3.05, 3.63) is 59.7 Å². The summed E-state index contributed by atoms with van der Waals surface area (Å²) in [5, 5.41) is 2.74. The van der Waals surface area contributed by atoms with Crippen molar-refractivity contribution < 1.29 is 57.0 Å². The van der Waals surface area contributed by atoms with Crippen molar-refractivity contribution in [1.29, 1.82) is 0 Å². The lowest BCUT2D eigenvalue weighted by atomic mass is 9.98. The van der Waals surface area contributed by atoms with Crippen molar-refractivity contribution in [2.24, 2.45) is 0 Å². The molecule has 0 saturated carbocycles. The predicted molar refractivity (Wildman–Crippen MR) is 209 cm³/mol. The van der Waals surface area contributed by atoms with Crippen LogP contribution >= 0.6 is 0 Å². The Balaban J connectivity index is 0.954. The lowest BCUT2D eigenvalue weighted by Gasteiger charge is -2.14. The molecule has 1 aliphatic rings. The quantitative estimate of drug-likeness (QED) is 0.0647. The fourth-order valence-electron chi connectivity index (χ4n) is 5.85. The number of alkyl carbamates (subject to hydrolysis) is 1. The second-order valence-electron chi connectivity index (χ2n) is 12.9. The van der Waals surface area contributed by atoms with Crippen molar-refractivity contribution in [1.82, 2.24) is 5.32 Å². The first-order valence-electron chi connectivity index (χ1n) is 20.1. The number of carbonyl (C=O) groups is 2. The maximum atomic E-state index is 12.2. The van der Waals surface area contributed by atoms with Gasteiger partial charge in [0.1, 0.15) is 13.2 Å². The van der Waals surface area contributed by atoms with Crippen LogP contribution in [0.1, 0.15) is 68.9 Å². The predicted octanol–water partition coefficient (Wildman–Crippen LogP) is 5.95. The number of carbonyl (C=O) groups excluding carboxylic acids is 2. The van der Waals surface area contributed by atoms with E-state index in [-0.39, 0.29) is 25.1 Å². The Morgan fingerprint density at radius 3 is 1.36 bits per heavy atom. The lowest BCUT2D eigenvalue weighted by molar-refractivity contribution is -0.145. The van der Waals surface area contributed by atoms with E-state index >= 15 is 0 Å². The second kappa shape index (κ2) is 32.0. The first-order valence-corrected chi connectivity index (χ1v) is 20.1. The lowest BCUT2D eigenvalue weighted by Crippen LogP contribution is -2.29. The van der Waals surface area contributed by atoms with E-state index in [4.69, 9.17) is 47.4 Å². The maximum absolute atomic E-state index is 12.2. The summed E-state index contributed by atoms with van der Waals surface area (Å²) in [7, 11) is 0. The first-order chi connectivity index (χ1) is 27.2. The largest absolute Gasteiger partial charge is 0.463 e. The van der Waals surface area contributed by atoms with E-state index in [9.17, 15) is 9.59 Å². The van der Waals surface area contributed by atoms with Crippen molar-refractivity contribution in [2.45, 2.75) is 57.8 Å². The zero-order valence-electron chi connectivity index (χ0n) is 33.0. The molecule has 0 fully saturated rings. The molecule has 0 atom stereocenters. The molecule has 2 aromatic carbocycles. The van der Waals surface area contributed by atoms with Crippen LogP contribution in [0.5, 0.6) is 0 Å². The van der Waals surface area contributed by atoms with E-state index < -0.39 is 6.09 Å². The van der Waals surface area contributed by atoms with Crippen LogP contribution in [-0.4, -0.2) is 138 Å². The molecule has 0 aromatic heterocycles. The van der Waals surface area contributed by atoms with Crippen LogP contribution in [0.3, 0.4) is 0 Å². The fraction of sp³-hybridized carbons (Fsp3) is 0.667. The van der Waals surface area contributed by atoms with Gasteiger partial charge in [0.05, 0.1) is 106 Å². The fourth-order valence-corrected chi connectivity index (χ4v) is 5.85. The third-order valence-electron chi connectivity index (χ3n) is 8.69. The van der Waals surface area contributed by atoms with Crippen LogP contribution < -0.4 is 5.32 Å². The summed E-state index contributed by atoms with van der Waals surface area (Å²) >= 11 is 0. The summed E-state index contributed by atoms with van der Waals surface area (Å²) in [4.78, 5) is 23.9. The van der Waals surface area contributed by atoms with Gasteiger partial charge in [-0.15, -0.1) is 0 Å². The van der Waals surface area contributed by atoms with Gasteiger partial charge in [0.2, 0.25) is 0 Å². The standard InChI is InChI=1S/C42H65NO12/c1-2-3-4-5-6-7-16-41(44)54-34-33-53-32-31-52-30-29-51-28-27-50-26-25-49-24-23-48-22-21-47-20-19-46-18-17-43-42(45)55-35-40-38-14-10-8-12-36(38)37-13-9-11-15-39(37)40/h8-15,40H,2-7,16-35H2,1H3,(H,43,45). The summed E-state index contributed by atoms with van der Waals surface area (Å²) in [5.41, 5.74) is 4.77. The number of hydrogen-bond acceptors (Lipinski definition) is 12. The van der Waals surface area contributed by atoms with Crippen molar-refractivity contribution in [3.8, 4) is 11.1 Å². The number of rotatable bonds is 36. The average molecular weight is 776 g/mol. The molecular formula is C42H65NO12. The number of amides is 1. The number of unbranched alkanes of at least 4 members (excludes halogenated alkanes) is 5. The Morgan fingerprint density at radius 1 is 0.491 bits per heavy atom. The molecule has 13 heteroatoms. The molecule has 1 N–H and O–H groups in total. The van der Waals surface area contributed by atoms with E-state index in [2.05, 4.69) is 36.5 Å². The average Bonchev–Trinajstić information content (AvgIpc) is 3.52. The Morgan fingerprint density at radius 2 is 0.891 bits per heavy atom. The molecule has 1 amide bonds. The number of fused-ring (bicyclic) bond motifs is 3. The molecule has 310 valence electrons. The molecule has 0 saturated heterocycles. The third-order valence-corrected chi connectivity index (χ3v) is 8.69. The summed E-state index contributed by atoms with van der Waals surface area (Å²) in [6, 6.07) is 16.5. The number of ether oxygens (including phenoxy) is 10. The van der Waals surface area contributed by atoms with Gasteiger partial charge < -0.3 is 52.7 Å². The number of benzene rings is 2. The van der Waals surface area contributed by atoms with Crippen LogP contribution in [0, 0.1) is 0 Å². The van der Waals surface area contributed by atoms with Gasteiger partial charge in [0.15, 0.2) is 0 Å². The smallest absolute Gasteiger partial charge is 0.407 e. The van der Waals surface area contributed by atoms with E-state index in [1.807, 2.05) is 24.3 Å². The van der Waals surface area contributed by atoms with Gasteiger partial charge in [-0.1, -0.05) is 87.6 Å². The topological polar surface area (TPSA) is 138 Å². The van der Waals surface area contributed by atoms with Gasteiger partial charge >= 0.3 is 12.1 Å². The highest BCUT2D eigenvalue weighted by Crippen LogP contribution is 2.44. The van der Waals surface area contributed by atoms with Crippen LogP contribution in [0.2, 0.25) is 0 Å². The van der Waals surface area contributed by atoms with Gasteiger partial charge in [0.25, 0.3) is 0 Å². The molecule has 0 heterocycles. The molecule has 2 aromatic rings. The van der Waals surface area contributed by atoms with E-state index in [0.717, 1.165) is 12.8 Å². The monoisotopic (exact) mass is 775 g/mol. The Hall–Kier alpha value is -3.14. The Bertz CT molecular complexity index is 1220. The number of nitrogens with one attached hydrogen (secondary N) is 1. The molecule has 3 rings (SSSR count). The van der Waals surface area contributed by atoms with Crippen molar-refractivity contribution >= 4 is 12.1 Å². The van der Waals surface area contributed by atoms with Crippen LogP contribution in [0.25, 0.3) is 11.1 Å². The van der Waals surface area contributed by atoms with Crippen molar-refractivity contribution in [3.63, 3.8) is 0 Å². The molecule has 1 aliphatic carbocycles. The van der Waals surface area contributed by atoms with Gasteiger partial charge in [-0.25, -0.2) is 4.79 Å². The summed E-state index contributed by atoms with van der Waals surface area (Å²) in [5.74, 6) is -0.113. The zero-order valence-corrected chi connectivity index (χ0v) is 33.0. The minimum Gasteiger partial charge on any atom is -0.463 e. The second-order valence-corrected chi connectivity index (χ2v) is 12.9. The van der Waals surface area contributed by atoms with Gasteiger partial charge in [-0.05, 0) is 28.7 Å². The van der Waals surface area contributed by atoms with Crippen LogP contribution in [-0.2, 0) is 52.2 Å². The summed E-state index contributed by atoms with van der Waals surface area (Å²) in [6.07, 6.45) is 6.94. The van der Waals surface area contributed by atoms with E-state index in [1.54, 1.807) is 0 Å². The van der Waals surface area contributed by atoms with Crippen molar-refractivity contribution in [2.75, 3.05) is 125 Å². The summed E-state index contributed by atoms with van der Waals surface area (Å²) < 4.78 is 54.7. The molecule has 0 spiro atoms. The van der Waals surface area contributed by atoms with E-state index in [1.165, 1.54) is 47.9 Å². The minimum absolute atomic E-state index is 0.0353. The minimum atomic E-state index is -0.454. The first kappa shape index (κ1) is 46.2. The Labute approximate surface area is 327 Å². The zero-order chi connectivity index (χ0) is 38.9. The molecule has 0 unspecified atom stereocenters. The molecule has 0 radical (unpaired) electrons. The van der Waals surface area contributed by atoms with Gasteiger partial charge in [0, 0.05) is 18.9 Å². The van der Waals surface area contributed by atoms with Crippen LogP contribution in [0.15, 0.2) is 48.5 Å². The molecule has 13 nitrogen and oxygen atoms in total. The SMILES string of the molecule is CCCCCCCCC(=O)OCCOCCOCCOCCOCCOCCOCCOCCOCCNC(=O)OCC1c2ccccc2-c2ccccc21. The molecule has 55 heavy (non-hydrogen) atoms. The number of hydrogen-bond donors (Lipinski definition) is 1. The van der Waals surface area contributed by atoms with Crippen LogP contribution in [0.4, 0.5) is 4.79 Å². The Kier molecular flexibility index (Phi) is 26.9. The maximum Gasteiger partial charge on any atom is 0.407 e. The summed E-state index contributed by atoms with van der Waals surface area (Å²) in [6.45, 7) is 10.4. The molecular weight excluding hydrogens is 710 g/mol. The van der Waals surface area contributed by atoms with Gasteiger partial charge in [-0.2, -0.15) is 0 Å². The van der Waals surface area contributed by atoms with Gasteiger partial charge in [-0.3, -0.25) is 4.79 Å². The highest BCUT2D eigenvalue weighted by molar-refractivity contribution is 5.79. The molecule has 0 bridgehead atoms. The number of esters is 1. The van der Waals surface area contributed by atoms with E-state index in [0.29, 0.717) is 119 Å². The normalized spacial score (nSPS) is 12.1. The highest BCUT2D eigenvalue weighted by Gasteiger charge is 2.28. The third kappa shape index (κ3) is 21.7. The highest BCUT2D eigenvalue weighted by atomic mass is 16.6. The molecule has 0 aliphatic heterocycles.